The van der Waals surface area contributed by atoms with E-state index in [4.69, 9.17) is 16.9 Å². The van der Waals surface area contributed by atoms with Crippen LogP contribution in [0.1, 0.15) is 18.4 Å². The van der Waals surface area contributed by atoms with Crippen molar-refractivity contribution >= 4 is 55.2 Å². The number of hydrogen-bond donors (Lipinski definition) is 1. The highest BCUT2D eigenvalue weighted by Gasteiger charge is 2.40. The Bertz CT molecular complexity index is 913. The lowest BCUT2D eigenvalue weighted by molar-refractivity contribution is -0.119. The van der Waals surface area contributed by atoms with Gasteiger partial charge in [0.2, 0.25) is 5.91 Å². The maximum Gasteiger partial charge on any atom is 0.253 e. The van der Waals surface area contributed by atoms with Crippen LogP contribution >= 0.6 is 34.3 Å². The van der Waals surface area contributed by atoms with Gasteiger partial charge in [0, 0.05) is 6.54 Å². The van der Waals surface area contributed by atoms with Gasteiger partial charge in [0.1, 0.15) is 21.3 Å². The fraction of sp³-hybridized carbons (Fsp3) is 0.286. The molecule has 10 heteroatoms. The molecule has 3 heterocycles. The topological polar surface area (TPSA) is 90.3 Å². The number of halogens is 1. The van der Waals surface area contributed by atoms with Crippen molar-refractivity contribution in [2.75, 3.05) is 11.9 Å². The monoisotopic (exact) mass is 401 g/mol. The van der Waals surface area contributed by atoms with E-state index in [9.17, 15) is 13.2 Å². The van der Waals surface area contributed by atoms with Crippen molar-refractivity contribution in [3.8, 4) is 6.07 Å². The third kappa shape index (κ3) is 3.20. The van der Waals surface area contributed by atoms with Crippen LogP contribution in [0.2, 0.25) is 4.34 Å². The van der Waals surface area contributed by atoms with Crippen LogP contribution < -0.4 is 5.32 Å². The molecule has 0 bridgehead atoms. The van der Waals surface area contributed by atoms with Gasteiger partial charge in [-0.3, -0.25) is 4.79 Å². The first-order valence-electron chi connectivity index (χ1n) is 6.99. The summed E-state index contributed by atoms with van der Waals surface area (Å²) in [5.74, 6) is -0.419. The number of anilines is 1. The van der Waals surface area contributed by atoms with E-state index in [0.29, 0.717) is 27.7 Å². The summed E-state index contributed by atoms with van der Waals surface area (Å²) in [6.45, 7) is 0.283. The van der Waals surface area contributed by atoms with Crippen LogP contribution in [0.5, 0.6) is 0 Å². The van der Waals surface area contributed by atoms with Gasteiger partial charge >= 0.3 is 0 Å². The van der Waals surface area contributed by atoms with Crippen LogP contribution in [0, 0.1) is 11.3 Å². The summed E-state index contributed by atoms with van der Waals surface area (Å²) < 4.78 is 27.2. The van der Waals surface area contributed by atoms with Crippen LogP contribution in [-0.2, 0) is 14.8 Å². The summed E-state index contributed by atoms with van der Waals surface area (Å²) in [5, 5.41) is 13.8. The van der Waals surface area contributed by atoms with Crippen LogP contribution in [-0.4, -0.2) is 31.2 Å². The quantitative estimate of drug-likeness (QED) is 0.852. The van der Waals surface area contributed by atoms with E-state index in [1.54, 1.807) is 11.4 Å². The number of nitrogens with zero attached hydrogens (tertiary/aromatic N) is 2. The number of nitriles is 1. The standard InChI is InChI=1S/C14H12ClN3O3S3/c15-11-3-4-12(23-11)24(20,21)18-6-1-2-10(18)13(19)17-14-9(8-16)5-7-22-14/h3-5,7,10H,1-2,6H2,(H,17,19)/t10-/m0/s1. The molecule has 1 aliphatic heterocycles. The third-order valence-electron chi connectivity index (χ3n) is 3.64. The molecule has 1 fully saturated rings. The summed E-state index contributed by atoms with van der Waals surface area (Å²) >= 11 is 8.03. The first-order valence-corrected chi connectivity index (χ1v) is 10.5. The molecular formula is C14H12ClN3O3S3. The Labute approximate surface area is 152 Å². The first-order chi connectivity index (χ1) is 11.4. The predicted molar refractivity (Wildman–Crippen MR) is 93.9 cm³/mol. The molecular weight excluding hydrogens is 390 g/mol. The molecule has 0 saturated carbocycles. The Morgan fingerprint density at radius 3 is 2.88 bits per heavy atom. The van der Waals surface area contributed by atoms with E-state index in [1.807, 2.05) is 6.07 Å². The summed E-state index contributed by atoms with van der Waals surface area (Å²) in [5.41, 5.74) is 0.366. The number of thiophene rings is 2. The van der Waals surface area contributed by atoms with Gasteiger partial charge in [-0.25, -0.2) is 8.42 Å². The van der Waals surface area contributed by atoms with Gasteiger partial charge in [0.25, 0.3) is 10.0 Å². The molecule has 0 unspecified atom stereocenters. The maximum absolute atomic E-state index is 12.7. The zero-order chi connectivity index (χ0) is 17.3. The smallest absolute Gasteiger partial charge is 0.253 e. The summed E-state index contributed by atoms with van der Waals surface area (Å²) in [4.78, 5) is 12.5. The van der Waals surface area contributed by atoms with Crippen molar-refractivity contribution in [1.82, 2.24) is 4.31 Å². The minimum atomic E-state index is -3.76. The van der Waals surface area contributed by atoms with Crippen molar-refractivity contribution in [1.29, 1.82) is 5.26 Å². The second-order valence-corrected chi connectivity index (χ2v) is 9.85. The minimum absolute atomic E-state index is 0.126. The fourth-order valence-electron chi connectivity index (χ4n) is 2.53. The van der Waals surface area contributed by atoms with Crippen molar-refractivity contribution in [3.63, 3.8) is 0 Å². The normalized spacial score (nSPS) is 18.4. The molecule has 2 aromatic heterocycles. The van der Waals surface area contributed by atoms with E-state index in [-0.39, 0.29) is 10.8 Å². The van der Waals surface area contributed by atoms with Crippen LogP contribution in [0.4, 0.5) is 5.00 Å². The lowest BCUT2D eigenvalue weighted by atomic mass is 10.2. The highest BCUT2D eigenvalue weighted by Crippen LogP contribution is 2.33. The highest BCUT2D eigenvalue weighted by molar-refractivity contribution is 7.91. The molecule has 6 nitrogen and oxygen atoms in total. The molecule has 1 atom stereocenters. The van der Waals surface area contributed by atoms with Gasteiger partial charge in [0.15, 0.2) is 0 Å². The number of amides is 1. The Balaban J connectivity index is 1.83. The molecule has 1 amide bonds. The second kappa shape index (κ2) is 6.82. The van der Waals surface area contributed by atoms with Gasteiger partial charge in [-0.15, -0.1) is 22.7 Å². The van der Waals surface area contributed by atoms with Crippen LogP contribution in [0.15, 0.2) is 27.8 Å². The predicted octanol–water partition coefficient (Wildman–Crippen LogP) is 3.13. The first kappa shape index (κ1) is 17.4. The number of hydrogen-bond acceptors (Lipinski definition) is 6. The van der Waals surface area contributed by atoms with Crippen molar-refractivity contribution in [3.05, 3.63) is 33.5 Å². The molecule has 2 aromatic rings. The fourth-order valence-corrected chi connectivity index (χ4v) is 6.54. The number of carbonyl (C=O) groups is 1. The number of carbonyl (C=O) groups excluding carboxylic acids is 1. The molecule has 1 N–H and O–H groups in total. The van der Waals surface area contributed by atoms with E-state index in [1.165, 1.54) is 27.8 Å². The van der Waals surface area contributed by atoms with Gasteiger partial charge in [-0.05, 0) is 36.4 Å². The highest BCUT2D eigenvalue weighted by atomic mass is 35.5. The number of rotatable bonds is 4. The van der Waals surface area contributed by atoms with E-state index in [2.05, 4.69) is 5.32 Å². The lowest BCUT2D eigenvalue weighted by Gasteiger charge is -2.22. The van der Waals surface area contributed by atoms with Crippen molar-refractivity contribution < 1.29 is 13.2 Å². The molecule has 0 aromatic carbocycles. The average Bonchev–Trinajstić information content (AvgIpc) is 3.26. The second-order valence-electron chi connectivity index (χ2n) is 5.10. The lowest BCUT2D eigenvalue weighted by Crippen LogP contribution is -2.42. The summed E-state index contributed by atoms with van der Waals surface area (Å²) in [6, 6.07) is 5.78. The Morgan fingerprint density at radius 2 is 2.21 bits per heavy atom. The Hall–Kier alpha value is -1.44. The zero-order valence-corrected chi connectivity index (χ0v) is 15.4. The molecule has 0 radical (unpaired) electrons. The van der Waals surface area contributed by atoms with Gasteiger partial charge < -0.3 is 5.32 Å². The van der Waals surface area contributed by atoms with E-state index >= 15 is 0 Å². The van der Waals surface area contributed by atoms with E-state index < -0.39 is 22.0 Å². The third-order valence-corrected chi connectivity index (χ3v) is 8.08. The van der Waals surface area contributed by atoms with Gasteiger partial charge in [0.05, 0.1) is 9.90 Å². The molecule has 0 aliphatic carbocycles. The minimum Gasteiger partial charge on any atom is -0.315 e. The molecule has 3 rings (SSSR count). The SMILES string of the molecule is N#Cc1ccsc1NC(=O)[C@@H]1CCCN1S(=O)(=O)c1ccc(Cl)s1. The zero-order valence-electron chi connectivity index (χ0n) is 12.2. The molecule has 24 heavy (non-hydrogen) atoms. The summed E-state index contributed by atoms with van der Waals surface area (Å²) in [6.07, 6.45) is 1.05. The average molecular weight is 402 g/mol. The number of sulfonamides is 1. The van der Waals surface area contributed by atoms with Gasteiger partial charge in [-0.2, -0.15) is 9.57 Å². The van der Waals surface area contributed by atoms with Crippen molar-refractivity contribution in [2.24, 2.45) is 0 Å². The number of nitrogens with one attached hydrogen (secondary N) is 1. The van der Waals surface area contributed by atoms with Crippen molar-refractivity contribution in [2.45, 2.75) is 23.1 Å². The van der Waals surface area contributed by atoms with Gasteiger partial charge in [-0.1, -0.05) is 11.6 Å². The molecule has 126 valence electrons. The maximum atomic E-state index is 12.7. The van der Waals surface area contributed by atoms with Crippen LogP contribution in [0.3, 0.4) is 0 Å². The Morgan fingerprint density at radius 1 is 1.42 bits per heavy atom. The summed E-state index contributed by atoms with van der Waals surface area (Å²) in [7, 11) is -3.76. The Kier molecular flexibility index (Phi) is 4.94. The van der Waals surface area contributed by atoms with E-state index in [0.717, 1.165) is 11.3 Å². The largest absolute Gasteiger partial charge is 0.315 e. The molecule has 1 aliphatic rings. The molecule has 0 spiro atoms. The van der Waals surface area contributed by atoms with Crippen LogP contribution in [0.25, 0.3) is 0 Å². The molecule has 1 saturated heterocycles.